The molecule has 1 unspecified atom stereocenters. The highest BCUT2D eigenvalue weighted by Crippen LogP contribution is 2.46. The summed E-state index contributed by atoms with van der Waals surface area (Å²) in [7, 11) is 0. The Kier molecular flexibility index (Phi) is 5.52. The SMILES string of the molecule is O=C1OC(CSc2ccc3ccccc3c2)(C(=O)O)C(Sc2ccc3ccccc3c2)=C1O. The van der Waals surface area contributed by atoms with Crippen molar-refractivity contribution in [2.75, 3.05) is 5.75 Å². The number of hydrogen-bond donors (Lipinski definition) is 2. The number of aliphatic hydroxyl groups excluding tert-OH is 1. The Balaban J connectivity index is 1.47. The smallest absolute Gasteiger partial charge is 0.375 e. The van der Waals surface area contributed by atoms with Gasteiger partial charge in [-0.3, -0.25) is 0 Å². The van der Waals surface area contributed by atoms with Crippen molar-refractivity contribution in [1.82, 2.24) is 0 Å². The van der Waals surface area contributed by atoms with Gasteiger partial charge in [-0.15, -0.1) is 11.8 Å². The van der Waals surface area contributed by atoms with Crippen molar-refractivity contribution in [3.05, 3.63) is 95.6 Å². The number of carboxylic acids is 1. The molecule has 33 heavy (non-hydrogen) atoms. The molecule has 0 bridgehead atoms. The van der Waals surface area contributed by atoms with E-state index in [4.69, 9.17) is 4.74 Å². The number of carbonyl (C=O) groups excluding carboxylic acids is 1. The molecule has 4 aromatic rings. The van der Waals surface area contributed by atoms with Crippen molar-refractivity contribution in [3.8, 4) is 0 Å². The second-order valence-corrected chi connectivity index (χ2v) is 9.74. The van der Waals surface area contributed by atoms with Gasteiger partial charge in [-0.25, -0.2) is 9.59 Å². The molecule has 1 atom stereocenters. The second kappa shape index (κ2) is 8.50. The van der Waals surface area contributed by atoms with Crippen LogP contribution >= 0.6 is 23.5 Å². The molecule has 2 N–H and O–H groups in total. The maximum atomic E-state index is 12.4. The molecule has 5 rings (SSSR count). The van der Waals surface area contributed by atoms with Crippen molar-refractivity contribution < 1.29 is 24.5 Å². The van der Waals surface area contributed by atoms with Crippen LogP contribution in [0.2, 0.25) is 0 Å². The number of fused-ring (bicyclic) bond motifs is 2. The van der Waals surface area contributed by atoms with Crippen molar-refractivity contribution in [2.24, 2.45) is 0 Å². The van der Waals surface area contributed by atoms with Crippen LogP contribution in [0.5, 0.6) is 0 Å². The second-order valence-electron chi connectivity index (χ2n) is 7.61. The summed E-state index contributed by atoms with van der Waals surface area (Å²) >= 11 is 2.30. The molecule has 1 heterocycles. The summed E-state index contributed by atoms with van der Waals surface area (Å²) in [6.45, 7) is 0. The average Bonchev–Trinajstić information content (AvgIpc) is 3.08. The summed E-state index contributed by atoms with van der Waals surface area (Å²) in [5.41, 5.74) is -1.98. The first-order chi connectivity index (χ1) is 16.0. The van der Waals surface area contributed by atoms with Crippen molar-refractivity contribution in [2.45, 2.75) is 15.4 Å². The lowest BCUT2D eigenvalue weighted by Gasteiger charge is -2.25. The molecule has 0 amide bonds. The number of benzene rings is 4. The standard InChI is InChI=1S/C26H18O5S2/c27-22-23(33-21-12-10-17-6-2-4-8-19(17)14-21)26(25(29)30,31-24(22)28)15-32-20-11-9-16-5-1-3-7-18(16)13-20/h1-14,27H,15H2,(H,29,30). The lowest BCUT2D eigenvalue weighted by atomic mass is 10.1. The Morgan fingerprint density at radius 2 is 1.36 bits per heavy atom. The van der Waals surface area contributed by atoms with Crippen LogP contribution in [0.4, 0.5) is 0 Å². The Hall–Kier alpha value is -3.42. The van der Waals surface area contributed by atoms with Crippen LogP contribution in [0, 0.1) is 0 Å². The molecular formula is C26H18O5S2. The minimum Gasteiger partial charge on any atom is -0.501 e. The molecule has 5 nitrogen and oxygen atoms in total. The zero-order chi connectivity index (χ0) is 23.0. The Labute approximate surface area is 198 Å². The molecule has 7 heteroatoms. The number of aliphatic hydroxyl groups is 1. The van der Waals surface area contributed by atoms with Crippen LogP contribution in [0.15, 0.2) is 105 Å². The topological polar surface area (TPSA) is 83.8 Å². The first-order valence-electron chi connectivity index (χ1n) is 10.1. The van der Waals surface area contributed by atoms with E-state index in [9.17, 15) is 19.8 Å². The number of aliphatic carboxylic acids is 1. The van der Waals surface area contributed by atoms with Crippen molar-refractivity contribution >= 4 is 57.0 Å². The average molecular weight is 475 g/mol. The quantitative estimate of drug-likeness (QED) is 0.261. The molecule has 0 aliphatic carbocycles. The van der Waals surface area contributed by atoms with Gasteiger partial charge < -0.3 is 14.9 Å². The van der Waals surface area contributed by atoms with E-state index in [1.807, 2.05) is 84.9 Å². The maximum Gasteiger partial charge on any atom is 0.375 e. The van der Waals surface area contributed by atoms with Gasteiger partial charge in [0, 0.05) is 9.79 Å². The monoisotopic (exact) mass is 474 g/mol. The number of thioether (sulfide) groups is 2. The van der Waals surface area contributed by atoms with Crippen molar-refractivity contribution in [3.63, 3.8) is 0 Å². The van der Waals surface area contributed by atoms with E-state index in [0.717, 1.165) is 38.2 Å². The molecule has 164 valence electrons. The summed E-state index contributed by atoms with van der Waals surface area (Å²) in [6.07, 6.45) is 0. The van der Waals surface area contributed by atoms with Crippen LogP contribution in [-0.4, -0.2) is 33.5 Å². The van der Waals surface area contributed by atoms with Gasteiger partial charge in [-0.05, 0) is 45.8 Å². The zero-order valence-electron chi connectivity index (χ0n) is 17.2. The Bertz CT molecular complexity index is 1450. The number of ether oxygens (including phenoxy) is 1. The molecule has 0 saturated carbocycles. The third-order valence-corrected chi connectivity index (χ3v) is 7.85. The number of cyclic esters (lactones) is 1. The molecule has 1 aliphatic rings. The van der Waals surface area contributed by atoms with E-state index in [1.165, 1.54) is 11.8 Å². The van der Waals surface area contributed by atoms with Crippen molar-refractivity contribution in [1.29, 1.82) is 0 Å². The largest absolute Gasteiger partial charge is 0.501 e. The lowest BCUT2D eigenvalue weighted by Crippen LogP contribution is -2.43. The highest BCUT2D eigenvalue weighted by atomic mass is 32.2. The van der Waals surface area contributed by atoms with Gasteiger partial charge in [-0.1, -0.05) is 72.4 Å². The van der Waals surface area contributed by atoms with E-state index >= 15 is 0 Å². The van der Waals surface area contributed by atoms with Crippen LogP contribution < -0.4 is 0 Å². The summed E-state index contributed by atoms with van der Waals surface area (Å²) in [6, 6.07) is 27.1. The third-order valence-electron chi connectivity index (χ3n) is 5.49. The third kappa shape index (κ3) is 3.94. The lowest BCUT2D eigenvalue weighted by molar-refractivity contribution is -0.165. The van der Waals surface area contributed by atoms with Gasteiger partial charge in [0.1, 0.15) is 0 Å². The molecule has 0 saturated heterocycles. The minimum atomic E-state index is -1.98. The number of rotatable bonds is 6. The summed E-state index contributed by atoms with van der Waals surface area (Å²) in [5.74, 6) is -3.09. The van der Waals surface area contributed by atoms with Gasteiger partial charge >= 0.3 is 11.9 Å². The van der Waals surface area contributed by atoms with Gasteiger partial charge in [0.2, 0.25) is 5.76 Å². The maximum absolute atomic E-state index is 12.4. The minimum absolute atomic E-state index is 0.0106. The summed E-state index contributed by atoms with van der Waals surface area (Å²) in [5, 5.41) is 24.7. The van der Waals surface area contributed by atoms with E-state index < -0.39 is 23.3 Å². The highest BCUT2D eigenvalue weighted by Gasteiger charge is 2.55. The predicted molar refractivity (Wildman–Crippen MR) is 131 cm³/mol. The fraction of sp³-hybridized carbons (Fsp3) is 0.0769. The number of carboxylic acid groups (broad SMARTS) is 1. The molecule has 0 spiro atoms. The molecule has 4 aromatic carbocycles. The normalized spacial score (nSPS) is 18.1. The molecule has 0 aromatic heterocycles. The van der Waals surface area contributed by atoms with E-state index in [-0.39, 0.29) is 10.7 Å². The molecule has 0 radical (unpaired) electrons. The van der Waals surface area contributed by atoms with Crippen LogP contribution in [0.1, 0.15) is 0 Å². The molecular weight excluding hydrogens is 456 g/mol. The Morgan fingerprint density at radius 1 is 0.818 bits per heavy atom. The zero-order valence-corrected chi connectivity index (χ0v) is 18.9. The highest BCUT2D eigenvalue weighted by molar-refractivity contribution is 8.03. The molecule has 1 aliphatic heterocycles. The van der Waals surface area contributed by atoms with Crippen LogP contribution in [-0.2, 0) is 14.3 Å². The van der Waals surface area contributed by atoms with Crippen LogP contribution in [0.3, 0.4) is 0 Å². The number of hydrogen-bond acceptors (Lipinski definition) is 6. The van der Waals surface area contributed by atoms with Gasteiger partial charge in [0.05, 0.1) is 10.7 Å². The Morgan fingerprint density at radius 3 is 1.97 bits per heavy atom. The fourth-order valence-corrected chi connectivity index (χ4v) is 6.02. The first-order valence-corrected chi connectivity index (χ1v) is 12.0. The predicted octanol–water partition coefficient (Wildman–Crippen LogP) is 6.03. The summed E-state index contributed by atoms with van der Waals surface area (Å²) < 4.78 is 5.30. The van der Waals surface area contributed by atoms with E-state index in [1.54, 1.807) is 0 Å². The summed E-state index contributed by atoms with van der Waals surface area (Å²) in [4.78, 5) is 26.2. The fourth-order valence-electron chi connectivity index (χ4n) is 3.76. The number of esters is 1. The van der Waals surface area contributed by atoms with Gasteiger partial charge in [0.15, 0.2) is 0 Å². The van der Waals surface area contributed by atoms with E-state index in [2.05, 4.69) is 0 Å². The van der Waals surface area contributed by atoms with Gasteiger partial charge in [-0.2, -0.15) is 0 Å². The molecule has 0 fully saturated rings. The van der Waals surface area contributed by atoms with Gasteiger partial charge in [0.25, 0.3) is 5.60 Å². The van der Waals surface area contributed by atoms with Crippen LogP contribution in [0.25, 0.3) is 21.5 Å². The number of carbonyl (C=O) groups is 2. The van der Waals surface area contributed by atoms with E-state index in [0.29, 0.717) is 4.90 Å². The first kappa shape index (κ1) is 21.4.